The molecule has 2 rings (SSSR count). The summed E-state index contributed by atoms with van der Waals surface area (Å²) in [6.07, 6.45) is 0.800. The number of carboxylic acid groups (broad SMARTS) is 1. The van der Waals surface area contributed by atoms with E-state index in [9.17, 15) is 18.3 Å². The molecule has 0 radical (unpaired) electrons. The van der Waals surface area contributed by atoms with Crippen LogP contribution in [0.4, 0.5) is 0 Å². The zero-order valence-corrected chi connectivity index (χ0v) is 12.6. The van der Waals surface area contributed by atoms with Gasteiger partial charge in [0, 0.05) is 13.0 Å². The van der Waals surface area contributed by atoms with Crippen molar-refractivity contribution in [1.82, 2.24) is 4.31 Å². The minimum Gasteiger partial charge on any atom is -0.480 e. The number of aliphatic hydroxyl groups is 1. The van der Waals surface area contributed by atoms with E-state index in [1.807, 2.05) is 6.92 Å². The Kier molecular flexibility index (Phi) is 4.65. The molecule has 0 unspecified atom stereocenters. The summed E-state index contributed by atoms with van der Waals surface area (Å²) in [6, 6.07) is 5.24. The first-order chi connectivity index (χ1) is 9.86. The van der Waals surface area contributed by atoms with Gasteiger partial charge in [-0.3, -0.25) is 4.79 Å². The number of sulfonamides is 1. The lowest BCUT2D eigenvalue weighted by Crippen LogP contribution is -2.40. The smallest absolute Gasteiger partial charge is 0.322 e. The van der Waals surface area contributed by atoms with Gasteiger partial charge < -0.3 is 10.2 Å². The average Bonchev–Trinajstić information content (AvgIpc) is 2.83. The summed E-state index contributed by atoms with van der Waals surface area (Å²) in [4.78, 5) is 11.2. The number of hydrogen-bond donors (Lipinski definition) is 2. The number of rotatable bonds is 5. The SMILES string of the molecule is CCCc1ccc(S(=O)(=O)N2C[C@H](O)C[C@H]2C(=O)O)cc1. The molecule has 6 nitrogen and oxygen atoms in total. The third-order valence-corrected chi connectivity index (χ3v) is 5.48. The Balaban J connectivity index is 2.30. The van der Waals surface area contributed by atoms with E-state index < -0.39 is 28.1 Å². The first-order valence-corrected chi connectivity index (χ1v) is 8.32. The third kappa shape index (κ3) is 3.25. The van der Waals surface area contributed by atoms with Crippen LogP contribution >= 0.6 is 0 Å². The fourth-order valence-electron chi connectivity index (χ4n) is 2.53. The molecular formula is C14H19NO5S. The summed E-state index contributed by atoms with van der Waals surface area (Å²) in [5, 5.41) is 18.7. The van der Waals surface area contributed by atoms with Crippen LogP contribution in [-0.4, -0.2) is 47.6 Å². The lowest BCUT2D eigenvalue weighted by molar-refractivity contribution is -0.140. The van der Waals surface area contributed by atoms with Crippen LogP contribution in [0, 0.1) is 0 Å². The van der Waals surface area contributed by atoms with Gasteiger partial charge in [0.1, 0.15) is 6.04 Å². The molecule has 0 amide bonds. The molecule has 2 atom stereocenters. The Hall–Kier alpha value is -1.44. The summed E-state index contributed by atoms with van der Waals surface area (Å²) < 4.78 is 25.9. The molecule has 0 bridgehead atoms. The first-order valence-electron chi connectivity index (χ1n) is 6.88. The van der Waals surface area contributed by atoms with Crippen molar-refractivity contribution in [2.75, 3.05) is 6.54 Å². The van der Waals surface area contributed by atoms with Crippen molar-refractivity contribution >= 4 is 16.0 Å². The van der Waals surface area contributed by atoms with Gasteiger partial charge in [-0.05, 0) is 24.1 Å². The normalized spacial score (nSPS) is 23.3. The van der Waals surface area contributed by atoms with Gasteiger partial charge in [0.05, 0.1) is 11.0 Å². The zero-order valence-electron chi connectivity index (χ0n) is 11.8. The van der Waals surface area contributed by atoms with E-state index >= 15 is 0 Å². The minimum atomic E-state index is -3.91. The molecule has 21 heavy (non-hydrogen) atoms. The predicted octanol–water partition coefficient (Wildman–Crippen LogP) is 0.848. The summed E-state index contributed by atoms with van der Waals surface area (Å²) in [5.74, 6) is -1.24. The molecule has 1 aliphatic heterocycles. The fourth-order valence-corrected chi connectivity index (χ4v) is 4.16. The number of β-amino-alcohol motifs (C(OH)–C–C–N with tert-alkyl or cyclic N) is 1. The molecule has 1 aromatic carbocycles. The summed E-state index contributed by atoms with van der Waals surface area (Å²) in [7, 11) is -3.91. The van der Waals surface area contributed by atoms with Gasteiger partial charge in [0.15, 0.2) is 0 Å². The van der Waals surface area contributed by atoms with E-state index in [1.54, 1.807) is 12.1 Å². The molecule has 1 aliphatic rings. The Morgan fingerprint density at radius 2 is 1.95 bits per heavy atom. The number of benzene rings is 1. The topological polar surface area (TPSA) is 94.9 Å². The number of aliphatic carboxylic acids is 1. The predicted molar refractivity (Wildman–Crippen MR) is 76.4 cm³/mol. The van der Waals surface area contributed by atoms with Gasteiger partial charge in [-0.2, -0.15) is 4.31 Å². The van der Waals surface area contributed by atoms with Crippen molar-refractivity contribution < 1.29 is 23.4 Å². The van der Waals surface area contributed by atoms with Crippen LogP contribution in [0.5, 0.6) is 0 Å². The highest BCUT2D eigenvalue weighted by Gasteiger charge is 2.43. The van der Waals surface area contributed by atoms with Crippen molar-refractivity contribution in [2.24, 2.45) is 0 Å². The van der Waals surface area contributed by atoms with Crippen molar-refractivity contribution in [2.45, 2.75) is 43.2 Å². The van der Waals surface area contributed by atoms with Gasteiger partial charge in [-0.15, -0.1) is 0 Å². The molecule has 0 saturated carbocycles. The molecule has 0 spiro atoms. The minimum absolute atomic E-state index is 0.0581. The van der Waals surface area contributed by atoms with Crippen molar-refractivity contribution in [3.63, 3.8) is 0 Å². The first kappa shape index (κ1) is 15.9. The number of carbonyl (C=O) groups is 1. The number of aryl methyl sites for hydroxylation is 1. The monoisotopic (exact) mass is 313 g/mol. The second kappa shape index (κ2) is 6.13. The Morgan fingerprint density at radius 1 is 1.33 bits per heavy atom. The molecule has 1 aromatic rings. The molecule has 2 N–H and O–H groups in total. The van der Waals surface area contributed by atoms with Gasteiger partial charge in [-0.1, -0.05) is 25.5 Å². The number of carboxylic acids is 1. The quantitative estimate of drug-likeness (QED) is 0.840. The maximum Gasteiger partial charge on any atom is 0.322 e. The highest BCUT2D eigenvalue weighted by atomic mass is 32.2. The lowest BCUT2D eigenvalue weighted by Gasteiger charge is -2.20. The van der Waals surface area contributed by atoms with E-state index in [2.05, 4.69) is 0 Å². The third-order valence-electron chi connectivity index (χ3n) is 3.59. The van der Waals surface area contributed by atoms with Crippen LogP contribution in [0.3, 0.4) is 0 Å². The van der Waals surface area contributed by atoms with Crippen LogP contribution < -0.4 is 0 Å². The maximum atomic E-state index is 12.5. The van der Waals surface area contributed by atoms with E-state index in [0.29, 0.717) is 0 Å². The number of hydrogen-bond acceptors (Lipinski definition) is 4. The van der Waals surface area contributed by atoms with Crippen molar-refractivity contribution in [1.29, 1.82) is 0 Å². The second-order valence-corrected chi connectivity index (χ2v) is 7.10. The number of aliphatic hydroxyl groups excluding tert-OH is 1. The van der Waals surface area contributed by atoms with Crippen molar-refractivity contribution in [3.8, 4) is 0 Å². The molecule has 7 heteroatoms. The fraction of sp³-hybridized carbons (Fsp3) is 0.500. The van der Waals surface area contributed by atoms with Crippen LogP contribution in [0.1, 0.15) is 25.3 Å². The molecule has 0 aromatic heterocycles. The van der Waals surface area contributed by atoms with Gasteiger partial charge in [-0.25, -0.2) is 8.42 Å². The van der Waals surface area contributed by atoms with Crippen LogP contribution in [0.2, 0.25) is 0 Å². The van der Waals surface area contributed by atoms with Crippen LogP contribution in [0.25, 0.3) is 0 Å². The Bertz CT molecular complexity index is 611. The van der Waals surface area contributed by atoms with Crippen LogP contribution in [0.15, 0.2) is 29.2 Å². The highest BCUT2D eigenvalue weighted by Crippen LogP contribution is 2.26. The van der Waals surface area contributed by atoms with Gasteiger partial charge >= 0.3 is 5.97 Å². The summed E-state index contributed by atoms with van der Waals surface area (Å²) >= 11 is 0. The average molecular weight is 313 g/mol. The largest absolute Gasteiger partial charge is 0.480 e. The Labute approximate surface area is 124 Å². The molecule has 1 fully saturated rings. The standard InChI is InChI=1S/C14H19NO5S/c1-2-3-10-4-6-12(7-5-10)21(19,20)15-9-11(16)8-13(15)14(17)18/h4-7,11,13,16H,2-3,8-9H2,1H3,(H,17,18)/t11-,13+/m1/s1. The maximum absolute atomic E-state index is 12.5. The molecule has 1 heterocycles. The Morgan fingerprint density at radius 3 is 2.48 bits per heavy atom. The van der Waals surface area contributed by atoms with Crippen LogP contribution in [-0.2, 0) is 21.2 Å². The van der Waals surface area contributed by atoms with E-state index in [1.165, 1.54) is 12.1 Å². The molecule has 1 saturated heterocycles. The lowest BCUT2D eigenvalue weighted by atomic mass is 10.1. The molecule has 116 valence electrons. The van der Waals surface area contributed by atoms with E-state index in [0.717, 1.165) is 22.7 Å². The van der Waals surface area contributed by atoms with Gasteiger partial charge in [0.25, 0.3) is 0 Å². The van der Waals surface area contributed by atoms with E-state index in [-0.39, 0.29) is 17.9 Å². The molecular weight excluding hydrogens is 294 g/mol. The second-order valence-electron chi connectivity index (χ2n) is 5.21. The van der Waals surface area contributed by atoms with E-state index in [4.69, 9.17) is 5.11 Å². The van der Waals surface area contributed by atoms with Crippen molar-refractivity contribution in [3.05, 3.63) is 29.8 Å². The highest BCUT2D eigenvalue weighted by molar-refractivity contribution is 7.89. The van der Waals surface area contributed by atoms with Gasteiger partial charge in [0.2, 0.25) is 10.0 Å². The summed E-state index contributed by atoms with van der Waals surface area (Å²) in [6.45, 7) is 1.85. The number of nitrogens with zero attached hydrogens (tertiary/aromatic N) is 1. The molecule has 0 aliphatic carbocycles. The summed E-state index contributed by atoms with van der Waals surface area (Å²) in [5.41, 5.74) is 1.03. The zero-order chi connectivity index (χ0) is 15.6.